The Kier molecular flexibility index (Phi) is 5.16. The van der Waals surface area contributed by atoms with Gasteiger partial charge < -0.3 is 10.7 Å². The van der Waals surface area contributed by atoms with Crippen LogP contribution in [0.1, 0.15) is 70.0 Å². The lowest BCUT2D eigenvalue weighted by molar-refractivity contribution is 0.185. The van der Waals surface area contributed by atoms with Gasteiger partial charge in [-0.05, 0) is 31.2 Å². The third kappa shape index (κ3) is 3.66. The number of hydrogen-bond donors (Lipinski definition) is 2. The van der Waals surface area contributed by atoms with Crippen LogP contribution in [0.2, 0.25) is 0 Å². The summed E-state index contributed by atoms with van der Waals surface area (Å²) >= 11 is 0. The van der Waals surface area contributed by atoms with E-state index in [2.05, 4.69) is 36.2 Å². The number of nitrogens with zero attached hydrogens (tertiary/aromatic N) is 1. The van der Waals surface area contributed by atoms with Crippen molar-refractivity contribution in [1.29, 1.82) is 0 Å². The van der Waals surface area contributed by atoms with Crippen molar-refractivity contribution < 1.29 is 0 Å². The molecule has 0 bridgehead atoms. The van der Waals surface area contributed by atoms with Crippen LogP contribution in [-0.2, 0) is 0 Å². The molecule has 1 aromatic carbocycles. The highest BCUT2D eigenvalue weighted by atomic mass is 15.0. The second-order valence-corrected chi connectivity index (χ2v) is 7.04. The SMILES string of the molecule is CCCCCCC(c1ncc(-c2ccccc2)[nH]1)C1(N)CCC1. The highest BCUT2D eigenvalue weighted by Crippen LogP contribution is 2.43. The highest BCUT2D eigenvalue weighted by Gasteiger charge is 2.42. The quantitative estimate of drug-likeness (QED) is 0.673. The zero-order valence-corrected chi connectivity index (χ0v) is 14.2. The Balaban J connectivity index is 1.75. The lowest BCUT2D eigenvalue weighted by Crippen LogP contribution is -2.51. The average Bonchev–Trinajstić information content (AvgIpc) is 3.03. The summed E-state index contributed by atoms with van der Waals surface area (Å²) in [4.78, 5) is 8.26. The fourth-order valence-corrected chi connectivity index (χ4v) is 3.68. The van der Waals surface area contributed by atoms with E-state index in [4.69, 9.17) is 10.7 Å². The molecule has 1 atom stereocenters. The molecule has 3 rings (SSSR count). The lowest BCUT2D eigenvalue weighted by atomic mass is 9.67. The number of aromatic nitrogens is 2. The van der Waals surface area contributed by atoms with Gasteiger partial charge in [-0.1, -0.05) is 62.9 Å². The van der Waals surface area contributed by atoms with Gasteiger partial charge in [0.1, 0.15) is 5.82 Å². The van der Waals surface area contributed by atoms with Crippen molar-refractivity contribution in [2.45, 2.75) is 69.7 Å². The summed E-state index contributed by atoms with van der Waals surface area (Å²) < 4.78 is 0. The predicted molar refractivity (Wildman–Crippen MR) is 96.3 cm³/mol. The summed E-state index contributed by atoms with van der Waals surface area (Å²) in [5, 5.41) is 0. The summed E-state index contributed by atoms with van der Waals surface area (Å²) in [5.74, 6) is 1.45. The number of imidazole rings is 1. The monoisotopic (exact) mass is 311 g/mol. The second-order valence-electron chi connectivity index (χ2n) is 7.04. The Morgan fingerprint density at radius 3 is 2.61 bits per heavy atom. The Morgan fingerprint density at radius 2 is 1.96 bits per heavy atom. The summed E-state index contributed by atoms with van der Waals surface area (Å²) in [5.41, 5.74) is 8.93. The third-order valence-electron chi connectivity index (χ3n) is 5.34. The van der Waals surface area contributed by atoms with Crippen molar-refractivity contribution in [3.05, 3.63) is 42.4 Å². The third-order valence-corrected chi connectivity index (χ3v) is 5.34. The molecule has 0 amide bonds. The molecule has 0 saturated heterocycles. The Bertz CT molecular complexity index is 598. The van der Waals surface area contributed by atoms with Crippen LogP contribution in [0.3, 0.4) is 0 Å². The van der Waals surface area contributed by atoms with E-state index < -0.39 is 0 Å². The van der Waals surface area contributed by atoms with E-state index in [1.807, 2.05) is 12.3 Å². The molecule has 23 heavy (non-hydrogen) atoms. The van der Waals surface area contributed by atoms with Crippen LogP contribution < -0.4 is 5.73 Å². The first-order valence-electron chi connectivity index (χ1n) is 9.12. The number of hydrogen-bond acceptors (Lipinski definition) is 2. The van der Waals surface area contributed by atoms with E-state index in [0.29, 0.717) is 5.92 Å². The number of aromatic amines is 1. The number of H-pyrrole nitrogens is 1. The van der Waals surface area contributed by atoms with E-state index in [1.165, 1.54) is 37.7 Å². The van der Waals surface area contributed by atoms with Gasteiger partial charge in [-0.3, -0.25) is 0 Å². The van der Waals surface area contributed by atoms with E-state index in [9.17, 15) is 0 Å². The molecule has 0 aliphatic heterocycles. The molecule has 1 unspecified atom stereocenters. The number of nitrogens with two attached hydrogens (primary N) is 1. The van der Waals surface area contributed by atoms with Crippen LogP contribution in [0.25, 0.3) is 11.3 Å². The second kappa shape index (κ2) is 7.31. The topological polar surface area (TPSA) is 54.7 Å². The van der Waals surface area contributed by atoms with E-state index >= 15 is 0 Å². The molecule has 3 N–H and O–H groups in total. The van der Waals surface area contributed by atoms with E-state index in [-0.39, 0.29) is 5.54 Å². The maximum Gasteiger partial charge on any atom is 0.111 e. The number of benzene rings is 1. The van der Waals surface area contributed by atoms with Crippen molar-refractivity contribution in [3.63, 3.8) is 0 Å². The molecule has 1 fully saturated rings. The van der Waals surface area contributed by atoms with Crippen LogP contribution in [0.5, 0.6) is 0 Å². The molecule has 1 aliphatic rings. The first-order valence-corrected chi connectivity index (χ1v) is 9.12. The fraction of sp³-hybridized carbons (Fsp3) is 0.550. The molecule has 1 saturated carbocycles. The first kappa shape index (κ1) is 16.3. The molecule has 0 radical (unpaired) electrons. The van der Waals surface area contributed by atoms with Gasteiger partial charge in [0.25, 0.3) is 0 Å². The minimum absolute atomic E-state index is 0.0436. The Hall–Kier alpha value is -1.61. The van der Waals surface area contributed by atoms with Crippen molar-refractivity contribution in [3.8, 4) is 11.3 Å². The van der Waals surface area contributed by atoms with Gasteiger partial charge in [0, 0.05) is 11.5 Å². The first-order chi connectivity index (χ1) is 11.2. The minimum Gasteiger partial charge on any atom is -0.342 e. The van der Waals surface area contributed by atoms with Gasteiger partial charge in [0.05, 0.1) is 11.9 Å². The average molecular weight is 311 g/mol. The van der Waals surface area contributed by atoms with Crippen LogP contribution >= 0.6 is 0 Å². The van der Waals surface area contributed by atoms with Crippen molar-refractivity contribution >= 4 is 0 Å². The van der Waals surface area contributed by atoms with Crippen molar-refractivity contribution in [2.75, 3.05) is 0 Å². The molecule has 1 aromatic heterocycles. The summed E-state index contributed by atoms with van der Waals surface area (Å²) in [6, 6.07) is 10.4. The smallest absolute Gasteiger partial charge is 0.111 e. The van der Waals surface area contributed by atoms with Crippen LogP contribution in [0.4, 0.5) is 0 Å². The van der Waals surface area contributed by atoms with Gasteiger partial charge in [0.15, 0.2) is 0 Å². The molecular weight excluding hydrogens is 282 g/mol. The summed E-state index contributed by atoms with van der Waals surface area (Å²) in [6.45, 7) is 2.26. The molecule has 3 nitrogen and oxygen atoms in total. The van der Waals surface area contributed by atoms with Gasteiger partial charge in [-0.2, -0.15) is 0 Å². The number of nitrogens with one attached hydrogen (secondary N) is 1. The van der Waals surface area contributed by atoms with Crippen LogP contribution in [-0.4, -0.2) is 15.5 Å². The Labute approximate surface area is 139 Å². The molecule has 124 valence electrons. The van der Waals surface area contributed by atoms with E-state index in [0.717, 1.165) is 30.8 Å². The number of unbranched alkanes of at least 4 members (excludes halogenated alkanes) is 3. The van der Waals surface area contributed by atoms with E-state index in [1.54, 1.807) is 0 Å². The van der Waals surface area contributed by atoms with Gasteiger partial charge in [-0.15, -0.1) is 0 Å². The normalized spacial score (nSPS) is 17.7. The van der Waals surface area contributed by atoms with Gasteiger partial charge in [-0.25, -0.2) is 4.98 Å². The zero-order chi connectivity index (χ0) is 16.1. The molecule has 2 aromatic rings. The maximum atomic E-state index is 6.68. The molecule has 1 aliphatic carbocycles. The standard InChI is InChI=1S/C20H29N3/c1-2-3-4-8-12-17(20(21)13-9-14-20)19-22-15-18(23-19)16-10-6-5-7-11-16/h5-7,10-11,15,17H,2-4,8-9,12-14,21H2,1H3,(H,22,23). The Morgan fingerprint density at radius 1 is 1.17 bits per heavy atom. The van der Waals surface area contributed by atoms with Crippen LogP contribution in [0, 0.1) is 0 Å². The maximum absolute atomic E-state index is 6.68. The van der Waals surface area contributed by atoms with Crippen molar-refractivity contribution in [1.82, 2.24) is 9.97 Å². The molecule has 1 heterocycles. The molecule has 0 spiro atoms. The summed E-state index contributed by atoms with van der Waals surface area (Å²) in [6.07, 6.45) is 11.8. The molecular formula is C20H29N3. The van der Waals surface area contributed by atoms with Gasteiger partial charge >= 0.3 is 0 Å². The zero-order valence-electron chi connectivity index (χ0n) is 14.2. The number of rotatable bonds is 8. The summed E-state index contributed by atoms with van der Waals surface area (Å²) in [7, 11) is 0. The fourth-order valence-electron chi connectivity index (χ4n) is 3.68. The highest BCUT2D eigenvalue weighted by molar-refractivity contribution is 5.58. The van der Waals surface area contributed by atoms with Crippen LogP contribution in [0.15, 0.2) is 36.5 Å². The molecule has 3 heteroatoms. The largest absolute Gasteiger partial charge is 0.342 e. The van der Waals surface area contributed by atoms with Crippen molar-refractivity contribution in [2.24, 2.45) is 5.73 Å². The minimum atomic E-state index is -0.0436. The van der Waals surface area contributed by atoms with Gasteiger partial charge in [0.2, 0.25) is 0 Å². The predicted octanol–water partition coefficient (Wildman–Crippen LogP) is 5.01. The lowest BCUT2D eigenvalue weighted by Gasteiger charge is -2.44.